The summed E-state index contributed by atoms with van der Waals surface area (Å²) in [5.41, 5.74) is 1.82. The number of ether oxygens (including phenoxy) is 3. The standard InChI is InChI=1S/C19H24N6O3/c1-13-10-16-21-22-17(12-26-2)25(16)23-19(13)24-8-6-14(7-9-24)28-15-4-5-18(27-3)20-11-15/h4-5,10-11,14H,6-9,12H2,1-3H3. The van der Waals surface area contributed by atoms with Crippen molar-refractivity contribution in [2.24, 2.45) is 0 Å². The Bertz CT molecular complexity index is 935. The summed E-state index contributed by atoms with van der Waals surface area (Å²) in [4.78, 5) is 6.48. The van der Waals surface area contributed by atoms with Gasteiger partial charge in [0.05, 0.1) is 13.3 Å². The van der Waals surface area contributed by atoms with E-state index in [1.807, 2.05) is 18.2 Å². The quantitative estimate of drug-likeness (QED) is 0.638. The van der Waals surface area contributed by atoms with E-state index in [1.54, 1.807) is 24.9 Å². The molecule has 0 bridgehead atoms. The van der Waals surface area contributed by atoms with E-state index in [4.69, 9.17) is 19.3 Å². The molecule has 4 heterocycles. The van der Waals surface area contributed by atoms with Crippen LogP contribution in [0.3, 0.4) is 0 Å². The van der Waals surface area contributed by atoms with Gasteiger partial charge in [0.1, 0.15) is 18.5 Å². The largest absolute Gasteiger partial charge is 0.489 e. The second-order valence-corrected chi connectivity index (χ2v) is 6.81. The number of rotatable bonds is 6. The Morgan fingerprint density at radius 3 is 2.64 bits per heavy atom. The number of anilines is 1. The Hall–Kier alpha value is -2.94. The molecule has 0 unspecified atom stereocenters. The fourth-order valence-corrected chi connectivity index (χ4v) is 3.42. The molecule has 0 amide bonds. The Kier molecular flexibility index (Phi) is 5.25. The van der Waals surface area contributed by atoms with Gasteiger partial charge < -0.3 is 19.1 Å². The summed E-state index contributed by atoms with van der Waals surface area (Å²) in [6.07, 6.45) is 3.69. The smallest absolute Gasteiger partial charge is 0.213 e. The van der Waals surface area contributed by atoms with Crippen molar-refractivity contribution in [1.82, 2.24) is 24.8 Å². The molecule has 9 heteroatoms. The number of hydrogen-bond acceptors (Lipinski definition) is 8. The van der Waals surface area contributed by atoms with Crippen LogP contribution in [0.1, 0.15) is 24.2 Å². The number of aryl methyl sites for hydroxylation is 1. The lowest BCUT2D eigenvalue weighted by Crippen LogP contribution is -2.39. The highest BCUT2D eigenvalue weighted by Crippen LogP contribution is 2.25. The number of piperidine rings is 1. The Morgan fingerprint density at radius 2 is 1.96 bits per heavy atom. The summed E-state index contributed by atoms with van der Waals surface area (Å²) < 4.78 is 18.1. The van der Waals surface area contributed by atoms with Crippen LogP contribution >= 0.6 is 0 Å². The van der Waals surface area contributed by atoms with Crippen LogP contribution in [0.15, 0.2) is 24.4 Å². The third-order valence-corrected chi connectivity index (χ3v) is 4.86. The van der Waals surface area contributed by atoms with Crippen LogP contribution in [0.25, 0.3) is 5.65 Å². The van der Waals surface area contributed by atoms with Crippen molar-refractivity contribution < 1.29 is 14.2 Å². The minimum Gasteiger partial charge on any atom is -0.489 e. The molecule has 0 saturated carbocycles. The van der Waals surface area contributed by atoms with E-state index in [0.29, 0.717) is 18.3 Å². The van der Waals surface area contributed by atoms with Gasteiger partial charge in [0, 0.05) is 39.1 Å². The molecule has 0 radical (unpaired) electrons. The van der Waals surface area contributed by atoms with E-state index in [2.05, 4.69) is 27.0 Å². The predicted molar refractivity (Wildman–Crippen MR) is 103 cm³/mol. The molecule has 3 aromatic rings. The van der Waals surface area contributed by atoms with Gasteiger partial charge in [-0.25, -0.2) is 4.98 Å². The van der Waals surface area contributed by atoms with Gasteiger partial charge in [-0.15, -0.1) is 15.3 Å². The summed E-state index contributed by atoms with van der Waals surface area (Å²) in [7, 11) is 3.24. The molecule has 1 fully saturated rings. The minimum absolute atomic E-state index is 0.162. The maximum Gasteiger partial charge on any atom is 0.213 e. The number of aromatic nitrogens is 5. The van der Waals surface area contributed by atoms with Crippen molar-refractivity contribution in [3.05, 3.63) is 35.8 Å². The summed E-state index contributed by atoms with van der Waals surface area (Å²) in [6.45, 7) is 4.17. The molecular formula is C19H24N6O3. The fraction of sp³-hybridized carbons (Fsp3) is 0.474. The SMILES string of the molecule is COCc1nnc2cc(C)c(N3CCC(Oc4ccc(OC)nc4)CC3)nn12. The van der Waals surface area contributed by atoms with Crippen molar-refractivity contribution >= 4 is 11.5 Å². The number of pyridine rings is 1. The molecule has 4 rings (SSSR count). The van der Waals surface area contributed by atoms with E-state index in [9.17, 15) is 0 Å². The number of methoxy groups -OCH3 is 2. The van der Waals surface area contributed by atoms with Crippen molar-refractivity contribution in [1.29, 1.82) is 0 Å². The maximum atomic E-state index is 6.07. The topological polar surface area (TPSA) is 86.9 Å². The van der Waals surface area contributed by atoms with Crippen LogP contribution in [-0.2, 0) is 11.3 Å². The van der Waals surface area contributed by atoms with Gasteiger partial charge in [0.15, 0.2) is 17.3 Å². The number of hydrogen-bond donors (Lipinski definition) is 0. The zero-order valence-corrected chi connectivity index (χ0v) is 16.3. The second-order valence-electron chi connectivity index (χ2n) is 6.81. The molecule has 9 nitrogen and oxygen atoms in total. The van der Waals surface area contributed by atoms with Crippen LogP contribution in [0.5, 0.6) is 11.6 Å². The van der Waals surface area contributed by atoms with Crippen LogP contribution in [0.4, 0.5) is 5.82 Å². The van der Waals surface area contributed by atoms with Gasteiger partial charge in [-0.05, 0) is 24.6 Å². The predicted octanol–water partition coefficient (Wildman–Crippen LogP) is 2.03. The third kappa shape index (κ3) is 3.70. The first-order chi connectivity index (χ1) is 13.7. The number of nitrogens with zero attached hydrogens (tertiary/aromatic N) is 6. The normalized spacial score (nSPS) is 15.2. The lowest BCUT2D eigenvalue weighted by atomic mass is 10.1. The first-order valence-corrected chi connectivity index (χ1v) is 9.30. The van der Waals surface area contributed by atoms with E-state index in [1.165, 1.54) is 0 Å². The molecule has 0 spiro atoms. The summed E-state index contributed by atoms with van der Waals surface area (Å²) >= 11 is 0. The van der Waals surface area contributed by atoms with Gasteiger partial charge >= 0.3 is 0 Å². The first-order valence-electron chi connectivity index (χ1n) is 9.30. The zero-order chi connectivity index (χ0) is 19.5. The second kappa shape index (κ2) is 7.97. The molecule has 28 heavy (non-hydrogen) atoms. The molecule has 0 aromatic carbocycles. The average molecular weight is 384 g/mol. The molecule has 0 N–H and O–H groups in total. The molecule has 3 aromatic heterocycles. The Morgan fingerprint density at radius 1 is 1.14 bits per heavy atom. The van der Waals surface area contributed by atoms with Gasteiger partial charge in [0.2, 0.25) is 5.88 Å². The highest BCUT2D eigenvalue weighted by Gasteiger charge is 2.24. The molecule has 0 atom stereocenters. The molecule has 1 aliphatic rings. The van der Waals surface area contributed by atoms with E-state index >= 15 is 0 Å². The van der Waals surface area contributed by atoms with Crippen molar-refractivity contribution in [3.63, 3.8) is 0 Å². The maximum absolute atomic E-state index is 6.07. The Balaban J connectivity index is 1.44. The van der Waals surface area contributed by atoms with E-state index in [-0.39, 0.29) is 6.10 Å². The fourth-order valence-electron chi connectivity index (χ4n) is 3.42. The van der Waals surface area contributed by atoms with Crippen LogP contribution in [-0.4, -0.2) is 58.2 Å². The van der Waals surface area contributed by atoms with Crippen LogP contribution in [0.2, 0.25) is 0 Å². The van der Waals surface area contributed by atoms with E-state index < -0.39 is 0 Å². The van der Waals surface area contributed by atoms with Crippen molar-refractivity contribution in [2.75, 3.05) is 32.2 Å². The summed E-state index contributed by atoms with van der Waals surface area (Å²) in [5, 5.41) is 13.1. The average Bonchev–Trinajstić information content (AvgIpc) is 3.10. The monoisotopic (exact) mass is 384 g/mol. The van der Waals surface area contributed by atoms with E-state index in [0.717, 1.165) is 48.7 Å². The summed E-state index contributed by atoms with van der Waals surface area (Å²) in [6, 6.07) is 5.71. The molecule has 148 valence electrons. The van der Waals surface area contributed by atoms with Gasteiger partial charge in [-0.2, -0.15) is 4.52 Å². The Labute approximate surface area is 163 Å². The molecular weight excluding hydrogens is 360 g/mol. The van der Waals surface area contributed by atoms with Gasteiger partial charge in [0.25, 0.3) is 0 Å². The lowest BCUT2D eigenvalue weighted by Gasteiger charge is -2.33. The first kappa shape index (κ1) is 18.4. The van der Waals surface area contributed by atoms with Gasteiger partial charge in [-0.3, -0.25) is 0 Å². The van der Waals surface area contributed by atoms with Crippen LogP contribution in [0, 0.1) is 6.92 Å². The number of fused-ring (bicyclic) bond motifs is 1. The van der Waals surface area contributed by atoms with Gasteiger partial charge in [-0.1, -0.05) is 0 Å². The zero-order valence-electron chi connectivity index (χ0n) is 16.3. The highest BCUT2D eigenvalue weighted by molar-refractivity contribution is 5.52. The van der Waals surface area contributed by atoms with Crippen LogP contribution < -0.4 is 14.4 Å². The molecule has 1 aliphatic heterocycles. The third-order valence-electron chi connectivity index (χ3n) is 4.86. The highest BCUT2D eigenvalue weighted by atomic mass is 16.5. The molecule has 0 aliphatic carbocycles. The summed E-state index contributed by atoms with van der Waals surface area (Å²) in [5.74, 6) is 3.00. The van der Waals surface area contributed by atoms with Crippen molar-refractivity contribution in [3.8, 4) is 11.6 Å². The minimum atomic E-state index is 0.162. The van der Waals surface area contributed by atoms with Crippen molar-refractivity contribution in [2.45, 2.75) is 32.5 Å². The lowest BCUT2D eigenvalue weighted by molar-refractivity contribution is 0.169. The molecule has 1 saturated heterocycles.